The lowest BCUT2D eigenvalue weighted by Gasteiger charge is -2.17. The van der Waals surface area contributed by atoms with E-state index in [1.54, 1.807) is 13.8 Å². The molecule has 1 heterocycles. The van der Waals surface area contributed by atoms with E-state index >= 15 is 0 Å². The lowest BCUT2D eigenvalue weighted by atomic mass is 10.0. The van der Waals surface area contributed by atoms with Crippen molar-refractivity contribution >= 4 is 11.9 Å². The maximum atomic E-state index is 13.8. The van der Waals surface area contributed by atoms with Crippen LogP contribution in [-0.2, 0) is 14.3 Å². The average molecular weight is 397 g/mol. The number of amides is 1. The maximum absolute atomic E-state index is 13.8. The quantitative estimate of drug-likeness (QED) is 0.265. The summed E-state index contributed by atoms with van der Waals surface area (Å²) in [5, 5.41) is 10.1. The number of hydrogen-bond acceptors (Lipinski definition) is 4. The van der Waals surface area contributed by atoms with Gasteiger partial charge in [-0.15, -0.1) is 17.6 Å². The monoisotopic (exact) mass is 397 g/mol. The lowest BCUT2D eigenvalue weighted by molar-refractivity contribution is -0.147. The Morgan fingerprint density at radius 3 is 2.68 bits per heavy atom. The van der Waals surface area contributed by atoms with Crippen LogP contribution >= 0.6 is 0 Å². The van der Waals surface area contributed by atoms with Gasteiger partial charge < -0.3 is 14.7 Å². The third-order valence-corrected chi connectivity index (χ3v) is 4.62. The molecular formula is C21H29F2NO4. The van der Waals surface area contributed by atoms with Crippen molar-refractivity contribution in [3.63, 3.8) is 0 Å². The zero-order valence-electron chi connectivity index (χ0n) is 16.8. The smallest absolute Gasteiger partial charge is 0.331 e. The molecule has 0 unspecified atom stereocenters. The topological polar surface area (TPSA) is 66.8 Å². The van der Waals surface area contributed by atoms with Crippen LogP contribution in [0, 0.1) is 17.8 Å². The summed E-state index contributed by atoms with van der Waals surface area (Å²) in [4.78, 5) is 24.1. The molecule has 0 aromatic heterocycles. The molecule has 1 N–H and O–H groups in total. The Bertz CT molecular complexity index is 672. The highest BCUT2D eigenvalue weighted by Crippen LogP contribution is 2.35. The SMILES string of the molecule is CC#CC[C@@H](C)[C@H](O)C=C=C1CC(F)(F)C(=O)N1CCCCCCC(=O)OC. The van der Waals surface area contributed by atoms with Crippen molar-refractivity contribution in [2.24, 2.45) is 5.92 Å². The number of likely N-dealkylation sites (tertiary alicyclic amines) is 1. The van der Waals surface area contributed by atoms with E-state index < -0.39 is 24.4 Å². The summed E-state index contributed by atoms with van der Waals surface area (Å²) in [5.41, 5.74) is 2.80. The molecule has 7 heteroatoms. The van der Waals surface area contributed by atoms with Gasteiger partial charge in [-0.2, -0.15) is 8.78 Å². The molecule has 0 radical (unpaired) electrons. The molecule has 0 bridgehead atoms. The lowest BCUT2D eigenvalue weighted by Crippen LogP contribution is -2.33. The zero-order valence-corrected chi connectivity index (χ0v) is 16.8. The van der Waals surface area contributed by atoms with Crippen LogP contribution in [0.2, 0.25) is 0 Å². The molecule has 1 aliphatic heterocycles. The molecule has 1 rings (SSSR count). The van der Waals surface area contributed by atoms with Crippen molar-refractivity contribution in [1.82, 2.24) is 4.90 Å². The molecule has 156 valence electrons. The van der Waals surface area contributed by atoms with Crippen LogP contribution in [0.4, 0.5) is 8.78 Å². The molecule has 0 spiro atoms. The minimum Gasteiger partial charge on any atom is -0.469 e. The second kappa shape index (κ2) is 11.6. The molecule has 1 saturated heterocycles. The highest BCUT2D eigenvalue weighted by molar-refractivity contribution is 5.88. The number of esters is 1. The van der Waals surface area contributed by atoms with Crippen molar-refractivity contribution in [3.8, 4) is 11.8 Å². The Kier molecular flexibility index (Phi) is 9.92. The molecule has 1 aliphatic rings. The van der Waals surface area contributed by atoms with Gasteiger partial charge in [-0.1, -0.05) is 19.8 Å². The third kappa shape index (κ3) is 7.46. The first-order valence-electron chi connectivity index (χ1n) is 9.53. The number of ether oxygens (including phenoxy) is 1. The van der Waals surface area contributed by atoms with E-state index in [-0.39, 0.29) is 24.1 Å². The van der Waals surface area contributed by atoms with Crippen LogP contribution in [0.15, 0.2) is 17.5 Å². The second-order valence-corrected chi connectivity index (χ2v) is 6.93. The minimum atomic E-state index is -3.44. The first kappa shape index (κ1) is 23.9. The second-order valence-electron chi connectivity index (χ2n) is 6.93. The fourth-order valence-electron chi connectivity index (χ4n) is 2.79. The van der Waals surface area contributed by atoms with Crippen LogP contribution in [0.25, 0.3) is 0 Å². The normalized spacial score (nSPS) is 17.4. The number of hydrogen-bond donors (Lipinski definition) is 1. The molecule has 1 fully saturated rings. The van der Waals surface area contributed by atoms with Crippen molar-refractivity contribution in [3.05, 3.63) is 17.5 Å². The van der Waals surface area contributed by atoms with Crippen LogP contribution in [0.5, 0.6) is 0 Å². The van der Waals surface area contributed by atoms with Crippen molar-refractivity contribution < 1.29 is 28.2 Å². The van der Waals surface area contributed by atoms with E-state index in [4.69, 9.17) is 0 Å². The van der Waals surface area contributed by atoms with Crippen molar-refractivity contribution in [2.75, 3.05) is 13.7 Å². The highest BCUT2D eigenvalue weighted by Gasteiger charge is 2.50. The standard InChI is InChI=1S/C21H29F2NO4/c1-4-5-10-16(2)18(25)13-12-17-15-21(22,23)20(27)24(17)14-9-7-6-8-11-19(26)28-3/h13,16,18,25H,6-11,14-15H2,1-3H3/t12?,16-,18-/m1/s1. The molecule has 5 nitrogen and oxygen atoms in total. The van der Waals surface area contributed by atoms with Crippen molar-refractivity contribution in [2.45, 2.75) is 70.8 Å². The molecule has 0 aromatic carbocycles. The summed E-state index contributed by atoms with van der Waals surface area (Å²) < 4.78 is 32.3. The molecule has 1 amide bonds. The van der Waals surface area contributed by atoms with Gasteiger partial charge in [-0.3, -0.25) is 9.59 Å². The summed E-state index contributed by atoms with van der Waals surface area (Å²) in [6, 6.07) is 0. The maximum Gasteiger partial charge on any atom is 0.331 e. The van der Waals surface area contributed by atoms with Gasteiger partial charge in [0.15, 0.2) is 0 Å². The number of carbonyl (C=O) groups excluding carboxylic acids is 2. The average Bonchev–Trinajstić information content (AvgIpc) is 2.89. The van der Waals surface area contributed by atoms with E-state index in [9.17, 15) is 23.5 Å². The molecule has 0 aliphatic carbocycles. The van der Waals surface area contributed by atoms with Crippen LogP contribution < -0.4 is 0 Å². The van der Waals surface area contributed by atoms with Crippen LogP contribution in [0.1, 0.15) is 58.8 Å². The number of carbonyl (C=O) groups is 2. The van der Waals surface area contributed by atoms with Gasteiger partial charge in [0, 0.05) is 19.4 Å². The summed E-state index contributed by atoms with van der Waals surface area (Å²) >= 11 is 0. The predicted molar refractivity (Wildman–Crippen MR) is 101 cm³/mol. The van der Waals surface area contributed by atoms with Gasteiger partial charge in [0.2, 0.25) is 0 Å². The number of halogens is 2. The van der Waals surface area contributed by atoms with Crippen LogP contribution in [-0.4, -0.2) is 47.6 Å². The van der Waals surface area contributed by atoms with Crippen LogP contribution in [0.3, 0.4) is 0 Å². The number of unbranched alkanes of at least 4 members (excludes halogenated alkanes) is 3. The number of rotatable bonds is 10. The number of aliphatic hydroxyl groups is 1. The third-order valence-electron chi connectivity index (χ3n) is 4.62. The predicted octanol–water partition coefficient (Wildman–Crippen LogP) is 3.43. The zero-order chi connectivity index (χ0) is 21.2. The molecule has 0 aromatic rings. The van der Waals surface area contributed by atoms with E-state index in [2.05, 4.69) is 22.3 Å². The van der Waals surface area contributed by atoms with Gasteiger partial charge in [-0.05, 0) is 31.8 Å². The van der Waals surface area contributed by atoms with E-state index in [1.165, 1.54) is 13.2 Å². The van der Waals surface area contributed by atoms with Gasteiger partial charge >= 0.3 is 11.9 Å². The van der Waals surface area contributed by atoms with E-state index in [0.29, 0.717) is 32.1 Å². The molecule has 28 heavy (non-hydrogen) atoms. The number of nitrogens with zero attached hydrogens (tertiary/aromatic N) is 1. The Morgan fingerprint density at radius 1 is 1.36 bits per heavy atom. The molecule has 2 atom stereocenters. The van der Waals surface area contributed by atoms with Crippen molar-refractivity contribution in [1.29, 1.82) is 0 Å². The Hall–Kier alpha value is -2.16. The first-order valence-corrected chi connectivity index (χ1v) is 9.53. The summed E-state index contributed by atoms with van der Waals surface area (Å²) in [7, 11) is 1.33. The molecule has 0 saturated carbocycles. The first-order chi connectivity index (χ1) is 13.2. The minimum absolute atomic E-state index is 0.0948. The number of aliphatic hydroxyl groups excluding tert-OH is 1. The number of alkyl halides is 2. The van der Waals surface area contributed by atoms with Gasteiger partial charge in [-0.25, -0.2) is 0 Å². The fraction of sp³-hybridized carbons (Fsp3) is 0.667. The summed E-state index contributed by atoms with van der Waals surface area (Å²) in [6.07, 6.45) is 3.20. The Morgan fingerprint density at radius 2 is 2.04 bits per heavy atom. The van der Waals surface area contributed by atoms with E-state index in [0.717, 1.165) is 11.3 Å². The fourth-order valence-corrected chi connectivity index (χ4v) is 2.79. The Labute approximate surface area is 165 Å². The summed E-state index contributed by atoms with van der Waals surface area (Å²) in [6.45, 7) is 3.67. The number of methoxy groups -OCH3 is 1. The van der Waals surface area contributed by atoms with Gasteiger partial charge in [0.1, 0.15) is 0 Å². The molecular weight excluding hydrogens is 368 g/mol. The van der Waals surface area contributed by atoms with Gasteiger partial charge in [0.05, 0.1) is 25.3 Å². The van der Waals surface area contributed by atoms with Gasteiger partial charge in [0.25, 0.3) is 5.91 Å². The largest absolute Gasteiger partial charge is 0.469 e. The Balaban J connectivity index is 2.67. The van der Waals surface area contributed by atoms with E-state index in [1.807, 2.05) is 0 Å². The summed E-state index contributed by atoms with van der Waals surface area (Å²) in [5.74, 6) is 0.501. The highest BCUT2D eigenvalue weighted by atomic mass is 19.3.